The molecule has 1 aliphatic rings. The Kier molecular flexibility index (Phi) is 9.41. The van der Waals surface area contributed by atoms with Crippen molar-refractivity contribution in [2.75, 3.05) is 40.4 Å². The molecular formula is C16H29IN4OS. The minimum Gasteiger partial charge on any atom is -0.379 e. The molecule has 5 nitrogen and oxygen atoms in total. The van der Waals surface area contributed by atoms with Gasteiger partial charge in [0.2, 0.25) is 0 Å². The van der Waals surface area contributed by atoms with Crippen molar-refractivity contribution in [2.24, 2.45) is 4.99 Å². The smallest absolute Gasteiger partial charge is 0.193 e. The Labute approximate surface area is 161 Å². The van der Waals surface area contributed by atoms with Gasteiger partial charge in [0.1, 0.15) is 0 Å². The molecule has 1 aliphatic heterocycles. The summed E-state index contributed by atoms with van der Waals surface area (Å²) < 4.78 is 5.51. The second-order valence-electron chi connectivity index (χ2n) is 5.93. The van der Waals surface area contributed by atoms with Crippen LogP contribution in [0.15, 0.2) is 21.8 Å². The standard InChI is InChI=1S/C16H28N4OS.HI/c1-13(20-6-7-21-11-14(20)2)9-18-16(17-3)19(4)10-15-5-8-22-12-15;/h5,8,12-14H,6-7,9-11H2,1-4H3,(H,17,18);1H. The number of morpholine rings is 1. The first-order valence-corrected chi connectivity index (χ1v) is 8.82. The number of hydrogen-bond acceptors (Lipinski definition) is 4. The van der Waals surface area contributed by atoms with Gasteiger partial charge in [0.15, 0.2) is 5.96 Å². The highest BCUT2D eigenvalue weighted by Crippen LogP contribution is 2.11. The molecule has 0 saturated carbocycles. The van der Waals surface area contributed by atoms with Gasteiger partial charge in [0.05, 0.1) is 13.2 Å². The van der Waals surface area contributed by atoms with Crippen LogP contribution in [0.25, 0.3) is 0 Å². The average Bonchev–Trinajstić information content (AvgIpc) is 3.01. The third-order valence-corrected chi connectivity index (χ3v) is 4.85. The van der Waals surface area contributed by atoms with Gasteiger partial charge in [-0.1, -0.05) is 0 Å². The largest absolute Gasteiger partial charge is 0.379 e. The number of rotatable bonds is 5. The van der Waals surface area contributed by atoms with Gasteiger partial charge in [-0.05, 0) is 36.2 Å². The van der Waals surface area contributed by atoms with Crippen LogP contribution in [0.5, 0.6) is 0 Å². The van der Waals surface area contributed by atoms with Crippen LogP contribution < -0.4 is 5.32 Å². The van der Waals surface area contributed by atoms with Crippen molar-refractivity contribution >= 4 is 41.3 Å². The van der Waals surface area contributed by atoms with Crippen LogP contribution >= 0.6 is 35.3 Å². The lowest BCUT2D eigenvalue weighted by Crippen LogP contribution is -2.53. The van der Waals surface area contributed by atoms with Crippen molar-refractivity contribution in [3.63, 3.8) is 0 Å². The number of hydrogen-bond donors (Lipinski definition) is 1. The number of thiophene rings is 1. The molecule has 7 heteroatoms. The zero-order valence-corrected chi connectivity index (χ0v) is 17.6. The molecule has 1 aromatic rings. The summed E-state index contributed by atoms with van der Waals surface area (Å²) in [5.74, 6) is 0.943. The number of nitrogens with zero attached hydrogens (tertiary/aromatic N) is 3. The van der Waals surface area contributed by atoms with E-state index < -0.39 is 0 Å². The summed E-state index contributed by atoms with van der Waals surface area (Å²) in [5.41, 5.74) is 1.32. The Morgan fingerprint density at radius 1 is 1.61 bits per heavy atom. The SMILES string of the molecule is CN=C(NCC(C)N1CCOCC1C)N(C)Cc1ccsc1.I. The van der Waals surface area contributed by atoms with Crippen molar-refractivity contribution < 1.29 is 4.74 Å². The molecule has 1 fully saturated rings. The maximum Gasteiger partial charge on any atom is 0.193 e. The van der Waals surface area contributed by atoms with Crippen LogP contribution in [0.1, 0.15) is 19.4 Å². The van der Waals surface area contributed by atoms with Gasteiger partial charge in [-0.3, -0.25) is 9.89 Å². The van der Waals surface area contributed by atoms with Crippen LogP contribution in [-0.4, -0.2) is 68.2 Å². The number of ether oxygens (including phenoxy) is 1. The van der Waals surface area contributed by atoms with Crippen molar-refractivity contribution in [1.29, 1.82) is 0 Å². The van der Waals surface area contributed by atoms with E-state index in [2.05, 4.69) is 57.8 Å². The molecule has 0 amide bonds. The van der Waals surface area contributed by atoms with Gasteiger partial charge in [-0.15, -0.1) is 24.0 Å². The molecule has 0 radical (unpaired) electrons. The Hall–Kier alpha value is -0.380. The van der Waals surface area contributed by atoms with Crippen LogP contribution in [0.4, 0.5) is 0 Å². The van der Waals surface area contributed by atoms with E-state index in [9.17, 15) is 0 Å². The lowest BCUT2D eigenvalue weighted by Gasteiger charge is -2.38. The molecule has 0 aliphatic carbocycles. The van der Waals surface area contributed by atoms with Crippen molar-refractivity contribution in [2.45, 2.75) is 32.5 Å². The fraction of sp³-hybridized carbons (Fsp3) is 0.688. The first-order chi connectivity index (χ1) is 10.6. The van der Waals surface area contributed by atoms with Crippen molar-refractivity contribution in [1.82, 2.24) is 15.1 Å². The predicted molar refractivity (Wildman–Crippen MR) is 109 cm³/mol. The first kappa shape index (κ1) is 20.7. The molecule has 2 rings (SSSR count). The highest BCUT2D eigenvalue weighted by Gasteiger charge is 2.23. The number of halogens is 1. The normalized spacial score (nSPS) is 20.7. The molecule has 0 spiro atoms. The van der Waals surface area contributed by atoms with Gasteiger partial charge in [0, 0.05) is 45.8 Å². The summed E-state index contributed by atoms with van der Waals surface area (Å²) in [7, 11) is 3.92. The monoisotopic (exact) mass is 452 g/mol. The molecule has 132 valence electrons. The molecule has 1 aromatic heterocycles. The van der Waals surface area contributed by atoms with Gasteiger partial charge in [-0.2, -0.15) is 11.3 Å². The molecule has 2 atom stereocenters. The van der Waals surface area contributed by atoms with Crippen LogP contribution in [-0.2, 0) is 11.3 Å². The van der Waals surface area contributed by atoms with E-state index >= 15 is 0 Å². The molecule has 0 bridgehead atoms. The summed E-state index contributed by atoms with van der Waals surface area (Å²) in [6, 6.07) is 3.10. The summed E-state index contributed by atoms with van der Waals surface area (Å²) in [5, 5.41) is 7.79. The average molecular weight is 452 g/mol. The van der Waals surface area contributed by atoms with Gasteiger partial charge >= 0.3 is 0 Å². The van der Waals surface area contributed by atoms with E-state index in [1.165, 1.54) is 5.56 Å². The zero-order chi connectivity index (χ0) is 15.9. The molecule has 2 unspecified atom stereocenters. The fourth-order valence-electron chi connectivity index (χ4n) is 2.87. The molecular weight excluding hydrogens is 423 g/mol. The Bertz CT molecular complexity index is 469. The predicted octanol–water partition coefficient (Wildman–Crippen LogP) is 2.48. The Morgan fingerprint density at radius 2 is 2.39 bits per heavy atom. The Balaban J connectivity index is 0.00000264. The fourth-order valence-corrected chi connectivity index (χ4v) is 3.53. The summed E-state index contributed by atoms with van der Waals surface area (Å²) >= 11 is 1.73. The third kappa shape index (κ3) is 6.21. The number of guanidine groups is 1. The maximum absolute atomic E-state index is 5.51. The second kappa shape index (κ2) is 10.5. The van der Waals surface area contributed by atoms with Crippen molar-refractivity contribution in [3.05, 3.63) is 22.4 Å². The van der Waals surface area contributed by atoms with E-state index in [-0.39, 0.29) is 24.0 Å². The van der Waals surface area contributed by atoms with E-state index in [4.69, 9.17) is 4.74 Å². The molecule has 1 N–H and O–H groups in total. The molecule has 1 saturated heterocycles. The second-order valence-corrected chi connectivity index (χ2v) is 6.71. The minimum absolute atomic E-state index is 0. The zero-order valence-electron chi connectivity index (χ0n) is 14.5. The lowest BCUT2D eigenvalue weighted by atomic mass is 10.2. The highest BCUT2D eigenvalue weighted by atomic mass is 127. The van der Waals surface area contributed by atoms with E-state index in [0.29, 0.717) is 12.1 Å². The van der Waals surface area contributed by atoms with Gasteiger partial charge in [-0.25, -0.2) is 0 Å². The van der Waals surface area contributed by atoms with E-state index in [1.54, 1.807) is 11.3 Å². The quantitative estimate of drug-likeness (QED) is 0.424. The molecule has 2 heterocycles. The van der Waals surface area contributed by atoms with Crippen molar-refractivity contribution in [3.8, 4) is 0 Å². The maximum atomic E-state index is 5.51. The summed E-state index contributed by atoms with van der Waals surface area (Å²) in [6.45, 7) is 8.94. The summed E-state index contributed by atoms with van der Waals surface area (Å²) in [6.07, 6.45) is 0. The van der Waals surface area contributed by atoms with Crippen LogP contribution in [0, 0.1) is 0 Å². The first-order valence-electron chi connectivity index (χ1n) is 7.88. The lowest BCUT2D eigenvalue weighted by molar-refractivity contribution is -0.0175. The van der Waals surface area contributed by atoms with Gasteiger partial charge < -0.3 is 15.0 Å². The Morgan fingerprint density at radius 3 is 3.00 bits per heavy atom. The van der Waals surface area contributed by atoms with Crippen LogP contribution in [0.2, 0.25) is 0 Å². The molecule has 0 aromatic carbocycles. The molecule has 23 heavy (non-hydrogen) atoms. The highest BCUT2D eigenvalue weighted by molar-refractivity contribution is 14.0. The van der Waals surface area contributed by atoms with E-state index in [0.717, 1.165) is 38.8 Å². The van der Waals surface area contributed by atoms with Gasteiger partial charge in [0.25, 0.3) is 0 Å². The third-order valence-electron chi connectivity index (χ3n) is 4.11. The van der Waals surface area contributed by atoms with Crippen LogP contribution in [0.3, 0.4) is 0 Å². The topological polar surface area (TPSA) is 40.1 Å². The van der Waals surface area contributed by atoms with E-state index in [1.807, 2.05) is 7.05 Å². The number of nitrogens with one attached hydrogen (secondary N) is 1. The minimum atomic E-state index is 0. The number of aliphatic imine (C=N–C) groups is 1. The summed E-state index contributed by atoms with van der Waals surface area (Å²) in [4.78, 5) is 9.06.